The maximum Gasteiger partial charge on any atom is 0.151 e. The average molecular weight is 303 g/mol. The van der Waals surface area contributed by atoms with Gasteiger partial charge < -0.3 is 10.8 Å². The van der Waals surface area contributed by atoms with Gasteiger partial charge in [0, 0.05) is 12.0 Å². The molecule has 0 aromatic carbocycles. The van der Waals surface area contributed by atoms with E-state index < -0.39 is 20.9 Å². The fourth-order valence-electron chi connectivity index (χ4n) is 5.08. The van der Waals surface area contributed by atoms with Crippen molar-refractivity contribution < 1.29 is 13.5 Å². The molecule has 118 valence electrons. The lowest BCUT2D eigenvalue weighted by atomic mass is 9.52. The normalized spacial score (nSPS) is 37.7. The van der Waals surface area contributed by atoms with E-state index in [4.69, 9.17) is 5.73 Å². The monoisotopic (exact) mass is 303 g/mol. The van der Waals surface area contributed by atoms with Crippen molar-refractivity contribution in [1.29, 1.82) is 0 Å². The SMILES string of the molecule is CC1(C)CC(C)(C)CC(O)(C2(CN)CCS(=O)(=O)C2)C1. The summed E-state index contributed by atoms with van der Waals surface area (Å²) in [4.78, 5) is 0. The van der Waals surface area contributed by atoms with Crippen LogP contribution in [0.3, 0.4) is 0 Å². The van der Waals surface area contributed by atoms with Crippen LogP contribution in [0.25, 0.3) is 0 Å². The molecular weight excluding hydrogens is 274 g/mol. The minimum atomic E-state index is -3.07. The number of hydrogen-bond donors (Lipinski definition) is 2. The minimum Gasteiger partial charge on any atom is -0.389 e. The van der Waals surface area contributed by atoms with Gasteiger partial charge in [0.15, 0.2) is 9.84 Å². The summed E-state index contributed by atoms with van der Waals surface area (Å²) in [5.41, 5.74) is 4.33. The van der Waals surface area contributed by atoms with Crippen LogP contribution in [0.1, 0.15) is 53.4 Å². The summed E-state index contributed by atoms with van der Waals surface area (Å²) >= 11 is 0. The van der Waals surface area contributed by atoms with Crippen molar-refractivity contribution in [3.05, 3.63) is 0 Å². The Morgan fingerprint density at radius 2 is 1.55 bits per heavy atom. The van der Waals surface area contributed by atoms with E-state index >= 15 is 0 Å². The Kier molecular flexibility index (Phi) is 3.60. The molecule has 0 aromatic heterocycles. The van der Waals surface area contributed by atoms with Crippen molar-refractivity contribution in [3.63, 3.8) is 0 Å². The highest BCUT2D eigenvalue weighted by Crippen LogP contribution is 2.57. The molecule has 0 amide bonds. The summed E-state index contributed by atoms with van der Waals surface area (Å²) < 4.78 is 23.9. The minimum absolute atomic E-state index is 0.00498. The molecule has 1 unspecified atom stereocenters. The molecule has 2 fully saturated rings. The second kappa shape index (κ2) is 4.43. The number of sulfone groups is 1. The van der Waals surface area contributed by atoms with Crippen molar-refractivity contribution in [2.45, 2.75) is 59.0 Å². The Morgan fingerprint density at radius 1 is 1.05 bits per heavy atom. The molecule has 0 bridgehead atoms. The first-order valence-corrected chi connectivity index (χ1v) is 9.30. The Balaban J connectivity index is 2.42. The number of rotatable bonds is 2. The predicted molar refractivity (Wildman–Crippen MR) is 81.1 cm³/mol. The van der Waals surface area contributed by atoms with Crippen molar-refractivity contribution in [3.8, 4) is 0 Å². The lowest BCUT2D eigenvalue weighted by molar-refractivity contribution is -0.153. The van der Waals surface area contributed by atoms with Gasteiger partial charge in [-0.2, -0.15) is 0 Å². The third kappa shape index (κ3) is 2.77. The highest BCUT2D eigenvalue weighted by atomic mass is 32.2. The standard InChI is InChI=1S/C15H29NO3S/c1-12(2)7-13(3,4)9-15(17,8-12)14(10-16)5-6-20(18,19)11-14/h17H,5-11,16H2,1-4H3. The third-order valence-corrected chi connectivity index (χ3v) is 7.08. The first-order chi connectivity index (χ1) is 8.85. The number of nitrogens with two attached hydrogens (primary N) is 1. The van der Waals surface area contributed by atoms with Crippen LogP contribution >= 0.6 is 0 Å². The molecule has 2 rings (SSSR count). The van der Waals surface area contributed by atoms with Crippen LogP contribution in [0, 0.1) is 16.2 Å². The molecule has 2 aliphatic rings. The molecule has 0 aromatic rings. The molecule has 20 heavy (non-hydrogen) atoms. The van der Waals surface area contributed by atoms with Gasteiger partial charge in [0.1, 0.15) is 0 Å². The lowest BCUT2D eigenvalue weighted by Gasteiger charge is -2.56. The highest BCUT2D eigenvalue weighted by molar-refractivity contribution is 7.91. The molecule has 1 atom stereocenters. The van der Waals surface area contributed by atoms with Gasteiger partial charge in [-0.15, -0.1) is 0 Å². The van der Waals surface area contributed by atoms with E-state index in [-0.39, 0.29) is 28.9 Å². The highest BCUT2D eigenvalue weighted by Gasteiger charge is 2.60. The van der Waals surface area contributed by atoms with E-state index in [9.17, 15) is 13.5 Å². The summed E-state index contributed by atoms with van der Waals surface area (Å²) in [6, 6.07) is 0. The fourth-order valence-corrected chi connectivity index (χ4v) is 7.29. The molecule has 1 heterocycles. The zero-order valence-corrected chi connectivity index (χ0v) is 14.0. The van der Waals surface area contributed by atoms with Crippen LogP contribution in [0.2, 0.25) is 0 Å². The summed E-state index contributed by atoms with van der Waals surface area (Å²) in [7, 11) is -3.07. The van der Waals surface area contributed by atoms with Gasteiger partial charge in [-0.25, -0.2) is 8.42 Å². The maximum atomic E-state index is 11.9. The summed E-state index contributed by atoms with van der Waals surface area (Å²) in [6.07, 6.45) is 2.80. The number of hydrogen-bond acceptors (Lipinski definition) is 4. The average Bonchev–Trinajstić information content (AvgIpc) is 2.50. The van der Waals surface area contributed by atoms with E-state index in [2.05, 4.69) is 27.7 Å². The molecule has 0 spiro atoms. The van der Waals surface area contributed by atoms with Gasteiger partial charge in [0.25, 0.3) is 0 Å². The zero-order chi connectivity index (χ0) is 15.4. The van der Waals surface area contributed by atoms with Gasteiger partial charge in [0.05, 0.1) is 17.1 Å². The number of aliphatic hydroxyl groups is 1. The van der Waals surface area contributed by atoms with Gasteiger partial charge in [-0.3, -0.25) is 0 Å². The Morgan fingerprint density at radius 3 is 1.90 bits per heavy atom. The van der Waals surface area contributed by atoms with E-state index in [0.717, 1.165) is 6.42 Å². The van der Waals surface area contributed by atoms with Gasteiger partial charge in [-0.05, 0) is 36.5 Å². The van der Waals surface area contributed by atoms with E-state index in [1.807, 2.05) is 0 Å². The van der Waals surface area contributed by atoms with E-state index in [1.54, 1.807) is 0 Å². The molecule has 1 aliphatic heterocycles. The van der Waals surface area contributed by atoms with Gasteiger partial charge in [-0.1, -0.05) is 27.7 Å². The van der Waals surface area contributed by atoms with Crippen molar-refractivity contribution >= 4 is 9.84 Å². The molecule has 5 heteroatoms. The van der Waals surface area contributed by atoms with Gasteiger partial charge in [0.2, 0.25) is 0 Å². The molecule has 3 N–H and O–H groups in total. The summed E-state index contributed by atoms with van der Waals surface area (Å²) in [5, 5.41) is 11.4. The van der Waals surface area contributed by atoms with Crippen LogP contribution in [0.5, 0.6) is 0 Å². The molecule has 4 nitrogen and oxygen atoms in total. The largest absolute Gasteiger partial charge is 0.389 e. The molecular formula is C15H29NO3S. The van der Waals surface area contributed by atoms with Crippen LogP contribution in [-0.2, 0) is 9.84 Å². The molecule has 0 radical (unpaired) electrons. The van der Waals surface area contributed by atoms with Gasteiger partial charge >= 0.3 is 0 Å². The van der Waals surface area contributed by atoms with Crippen LogP contribution in [-0.4, -0.2) is 37.2 Å². The quantitative estimate of drug-likeness (QED) is 0.814. The Hall–Kier alpha value is -0.130. The second-order valence-corrected chi connectivity index (χ2v) is 10.9. The lowest BCUT2D eigenvalue weighted by Crippen LogP contribution is -2.59. The van der Waals surface area contributed by atoms with Crippen LogP contribution < -0.4 is 5.73 Å². The Bertz CT molecular complexity index is 479. The Labute approximate surface area is 123 Å². The summed E-state index contributed by atoms with van der Waals surface area (Å²) in [5.74, 6) is 0.201. The zero-order valence-electron chi connectivity index (χ0n) is 13.2. The van der Waals surface area contributed by atoms with Crippen molar-refractivity contribution in [2.75, 3.05) is 18.1 Å². The second-order valence-electron chi connectivity index (χ2n) is 8.72. The van der Waals surface area contributed by atoms with E-state index in [1.165, 1.54) is 0 Å². The summed E-state index contributed by atoms with van der Waals surface area (Å²) in [6.45, 7) is 8.88. The third-order valence-electron chi connectivity index (χ3n) is 5.26. The smallest absolute Gasteiger partial charge is 0.151 e. The van der Waals surface area contributed by atoms with Crippen molar-refractivity contribution in [1.82, 2.24) is 0 Å². The first kappa shape index (κ1) is 16.2. The molecule has 1 saturated carbocycles. The predicted octanol–water partition coefficient (Wildman–Crippen LogP) is 1.72. The first-order valence-electron chi connectivity index (χ1n) is 7.47. The van der Waals surface area contributed by atoms with Crippen LogP contribution in [0.4, 0.5) is 0 Å². The topological polar surface area (TPSA) is 80.4 Å². The van der Waals surface area contributed by atoms with Crippen LogP contribution in [0.15, 0.2) is 0 Å². The van der Waals surface area contributed by atoms with Crippen molar-refractivity contribution in [2.24, 2.45) is 22.0 Å². The fraction of sp³-hybridized carbons (Fsp3) is 1.00. The maximum absolute atomic E-state index is 11.9. The molecule has 1 saturated heterocycles. The molecule has 1 aliphatic carbocycles. The van der Waals surface area contributed by atoms with E-state index in [0.29, 0.717) is 19.3 Å².